The van der Waals surface area contributed by atoms with Crippen molar-refractivity contribution in [2.75, 3.05) is 18.5 Å². The van der Waals surface area contributed by atoms with Gasteiger partial charge in [-0.2, -0.15) is 4.98 Å². The van der Waals surface area contributed by atoms with Crippen molar-refractivity contribution >= 4 is 5.82 Å². The molecule has 1 fully saturated rings. The highest BCUT2D eigenvalue weighted by Crippen LogP contribution is 2.24. The summed E-state index contributed by atoms with van der Waals surface area (Å²) in [7, 11) is 0. The number of anilines is 1. The third kappa shape index (κ3) is 5.52. The largest absolute Gasteiger partial charge is 0.477 e. The molecule has 0 unspecified atom stereocenters. The van der Waals surface area contributed by atoms with Gasteiger partial charge in [-0.1, -0.05) is 33.1 Å². The van der Waals surface area contributed by atoms with Gasteiger partial charge in [-0.05, 0) is 31.6 Å². The van der Waals surface area contributed by atoms with Gasteiger partial charge in [0.25, 0.3) is 0 Å². The molecule has 0 saturated heterocycles. The zero-order valence-corrected chi connectivity index (χ0v) is 13.5. The SMILES string of the molecule is CCCNc1cc(OCC2CCCCC2)nc(CCC)n1. The number of aryl methyl sites for hydroxylation is 1. The fraction of sp³-hybridized carbons (Fsp3) is 0.765. The van der Waals surface area contributed by atoms with Crippen molar-refractivity contribution in [2.24, 2.45) is 5.92 Å². The summed E-state index contributed by atoms with van der Waals surface area (Å²) in [5.41, 5.74) is 0. The van der Waals surface area contributed by atoms with Gasteiger partial charge in [0.05, 0.1) is 6.61 Å². The minimum atomic E-state index is 0.704. The van der Waals surface area contributed by atoms with Gasteiger partial charge in [-0.25, -0.2) is 4.98 Å². The third-order valence-corrected chi connectivity index (χ3v) is 3.97. The van der Waals surface area contributed by atoms with E-state index >= 15 is 0 Å². The van der Waals surface area contributed by atoms with Crippen LogP contribution in [0.2, 0.25) is 0 Å². The Labute approximate surface area is 128 Å². The maximum absolute atomic E-state index is 5.96. The van der Waals surface area contributed by atoms with Crippen molar-refractivity contribution < 1.29 is 4.74 Å². The number of rotatable bonds is 8. The first-order chi connectivity index (χ1) is 10.3. The molecular formula is C17H29N3O. The summed E-state index contributed by atoms with van der Waals surface area (Å²) in [5.74, 6) is 3.22. The van der Waals surface area contributed by atoms with Crippen molar-refractivity contribution in [1.82, 2.24) is 9.97 Å². The molecule has 1 N–H and O–H groups in total. The topological polar surface area (TPSA) is 47.0 Å². The second-order valence-electron chi connectivity index (χ2n) is 6.00. The molecule has 0 radical (unpaired) electrons. The van der Waals surface area contributed by atoms with Crippen LogP contribution in [0.25, 0.3) is 0 Å². The Bertz CT molecular complexity index is 416. The molecule has 118 valence electrons. The van der Waals surface area contributed by atoms with E-state index in [0.717, 1.165) is 49.9 Å². The van der Waals surface area contributed by atoms with Gasteiger partial charge in [0.2, 0.25) is 5.88 Å². The van der Waals surface area contributed by atoms with Crippen LogP contribution >= 0.6 is 0 Å². The average molecular weight is 291 g/mol. The minimum absolute atomic E-state index is 0.704. The van der Waals surface area contributed by atoms with Crippen LogP contribution in [0.4, 0.5) is 5.82 Å². The average Bonchev–Trinajstić information content (AvgIpc) is 2.52. The molecule has 1 aliphatic rings. The van der Waals surface area contributed by atoms with E-state index in [-0.39, 0.29) is 0 Å². The summed E-state index contributed by atoms with van der Waals surface area (Å²) < 4.78 is 5.96. The number of ether oxygens (including phenoxy) is 1. The first-order valence-electron chi connectivity index (χ1n) is 8.56. The molecule has 0 aliphatic heterocycles. The van der Waals surface area contributed by atoms with Gasteiger partial charge < -0.3 is 10.1 Å². The normalized spacial score (nSPS) is 15.9. The Morgan fingerprint density at radius 2 is 1.95 bits per heavy atom. The van der Waals surface area contributed by atoms with Crippen LogP contribution in [0.1, 0.15) is 64.6 Å². The van der Waals surface area contributed by atoms with Crippen molar-refractivity contribution in [2.45, 2.75) is 65.2 Å². The van der Waals surface area contributed by atoms with Crippen LogP contribution in [-0.2, 0) is 6.42 Å². The Morgan fingerprint density at radius 3 is 2.67 bits per heavy atom. The summed E-state index contributed by atoms with van der Waals surface area (Å²) >= 11 is 0. The van der Waals surface area contributed by atoms with Crippen LogP contribution in [0, 0.1) is 5.92 Å². The standard InChI is InChI=1S/C17H29N3O/c1-3-8-15-19-16(18-11-4-2)12-17(20-15)21-13-14-9-6-5-7-10-14/h12,14H,3-11,13H2,1-2H3,(H,18,19,20). The molecule has 0 spiro atoms. The van der Waals surface area contributed by atoms with Gasteiger partial charge >= 0.3 is 0 Å². The Morgan fingerprint density at radius 1 is 1.14 bits per heavy atom. The number of aromatic nitrogens is 2. The summed E-state index contributed by atoms with van der Waals surface area (Å²) in [6.07, 6.45) is 9.73. The predicted octanol–water partition coefficient (Wildman–Crippen LogP) is 4.21. The fourth-order valence-electron chi connectivity index (χ4n) is 2.78. The summed E-state index contributed by atoms with van der Waals surface area (Å²) in [5, 5.41) is 3.34. The van der Waals surface area contributed by atoms with Gasteiger partial charge in [0.1, 0.15) is 11.6 Å². The predicted molar refractivity (Wildman–Crippen MR) is 86.9 cm³/mol. The molecule has 1 aromatic heterocycles. The fourth-order valence-corrected chi connectivity index (χ4v) is 2.78. The Kier molecular flexibility index (Phi) is 6.77. The van der Waals surface area contributed by atoms with Crippen LogP contribution in [0.5, 0.6) is 5.88 Å². The quantitative estimate of drug-likeness (QED) is 0.779. The summed E-state index contributed by atoms with van der Waals surface area (Å²) in [4.78, 5) is 9.10. The molecule has 1 aromatic rings. The molecular weight excluding hydrogens is 262 g/mol. The minimum Gasteiger partial charge on any atom is -0.477 e. The molecule has 0 amide bonds. The first-order valence-corrected chi connectivity index (χ1v) is 8.56. The number of hydrogen-bond donors (Lipinski definition) is 1. The van der Waals surface area contributed by atoms with E-state index in [4.69, 9.17) is 4.74 Å². The van der Waals surface area contributed by atoms with E-state index in [0.29, 0.717) is 5.92 Å². The monoisotopic (exact) mass is 291 g/mol. The maximum Gasteiger partial charge on any atom is 0.218 e. The maximum atomic E-state index is 5.96. The second-order valence-corrected chi connectivity index (χ2v) is 6.00. The summed E-state index contributed by atoms with van der Waals surface area (Å²) in [6, 6.07) is 1.94. The van der Waals surface area contributed by atoms with Crippen molar-refractivity contribution in [3.63, 3.8) is 0 Å². The van der Waals surface area contributed by atoms with E-state index in [9.17, 15) is 0 Å². The van der Waals surface area contributed by atoms with Crippen molar-refractivity contribution in [3.8, 4) is 5.88 Å². The summed E-state index contributed by atoms with van der Waals surface area (Å²) in [6.45, 7) is 6.04. The van der Waals surface area contributed by atoms with Crippen molar-refractivity contribution in [3.05, 3.63) is 11.9 Å². The lowest BCUT2D eigenvalue weighted by atomic mass is 9.90. The molecule has 21 heavy (non-hydrogen) atoms. The lowest BCUT2D eigenvalue weighted by molar-refractivity contribution is 0.202. The zero-order chi connectivity index (χ0) is 14.9. The Hall–Kier alpha value is -1.32. The van der Waals surface area contributed by atoms with Gasteiger partial charge in [0, 0.05) is 19.0 Å². The van der Waals surface area contributed by atoms with E-state index < -0.39 is 0 Å². The molecule has 0 aromatic carbocycles. The van der Waals surface area contributed by atoms with Crippen molar-refractivity contribution in [1.29, 1.82) is 0 Å². The van der Waals surface area contributed by atoms with E-state index in [2.05, 4.69) is 29.1 Å². The van der Waals surface area contributed by atoms with Gasteiger partial charge in [-0.15, -0.1) is 0 Å². The van der Waals surface area contributed by atoms with Crippen LogP contribution in [0.3, 0.4) is 0 Å². The second kappa shape index (κ2) is 8.85. The van der Waals surface area contributed by atoms with Crippen LogP contribution in [-0.4, -0.2) is 23.1 Å². The zero-order valence-electron chi connectivity index (χ0n) is 13.5. The molecule has 2 rings (SSSR count). The molecule has 0 atom stereocenters. The third-order valence-electron chi connectivity index (χ3n) is 3.97. The number of hydrogen-bond acceptors (Lipinski definition) is 4. The molecule has 1 saturated carbocycles. The lowest BCUT2D eigenvalue weighted by Crippen LogP contribution is -2.16. The van der Waals surface area contributed by atoms with E-state index in [1.165, 1.54) is 32.1 Å². The molecule has 1 aliphatic carbocycles. The van der Waals surface area contributed by atoms with Crippen LogP contribution in [0.15, 0.2) is 6.07 Å². The molecule has 0 bridgehead atoms. The van der Waals surface area contributed by atoms with Gasteiger partial charge in [0.15, 0.2) is 0 Å². The van der Waals surface area contributed by atoms with Crippen LogP contribution < -0.4 is 10.1 Å². The highest BCUT2D eigenvalue weighted by Gasteiger charge is 2.15. The number of nitrogens with zero attached hydrogens (tertiary/aromatic N) is 2. The highest BCUT2D eigenvalue weighted by atomic mass is 16.5. The Balaban J connectivity index is 1.96. The smallest absolute Gasteiger partial charge is 0.218 e. The van der Waals surface area contributed by atoms with Gasteiger partial charge in [-0.3, -0.25) is 0 Å². The van der Waals surface area contributed by atoms with E-state index in [1.807, 2.05) is 6.07 Å². The molecule has 4 heteroatoms. The lowest BCUT2D eigenvalue weighted by Gasteiger charge is -2.21. The highest BCUT2D eigenvalue weighted by molar-refractivity contribution is 5.38. The van der Waals surface area contributed by atoms with E-state index in [1.54, 1.807) is 0 Å². The molecule has 1 heterocycles. The number of nitrogens with one attached hydrogen (secondary N) is 1. The molecule has 4 nitrogen and oxygen atoms in total. The first kappa shape index (κ1) is 16.1.